The first-order valence-corrected chi connectivity index (χ1v) is 8.10. The minimum Gasteiger partial charge on any atom is -0.353 e. The second-order valence-electron chi connectivity index (χ2n) is 5.45. The topological polar surface area (TPSA) is 42.2 Å². The standard InChI is InChI=1S/C15H24BrN3/c1-12-10-14(16)15(18-11-12)19(9-5-8-17)13-6-3-2-4-7-13/h10-11,13H,2-9,17H2,1H3. The summed E-state index contributed by atoms with van der Waals surface area (Å²) < 4.78 is 1.11. The summed E-state index contributed by atoms with van der Waals surface area (Å²) in [5.74, 6) is 1.09. The second-order valence-corrected chi connectivity index (χ2v) is 6.30. The van der Waals surface area contributed by atoms with Gasteiger partial charge in [0, 0.05) is 18.8 Å². The van der Waals surface area contributed by atoms with Gasteiger partial charge in [-0.2, -0.15) is 0 Å². The largest absolute Gasteiger partial charge is 0.353 e. The van der Waals surface area contributed by atoms with E-state index in [0.717, 1.165) is 29.8 Å². The summed E-state index contributed by atoms with van der Waals surface area (Å²) in [6.45, 7) is 3.83. The Kier molecular flexibility index (Phi) is 5.64. The number of aromatic nitrogens is 1. The summed E-state index contributed by atoms with van der Waals surface area (Å²) in [6, 6.07) is 2.78. The van der Waals surface area contributed by atoms with Gasteiger partial charge < -0.3 is 10.6 Å². The normalized spacial score (nSPS) is 16.6. The van der Waals surface area contributed by atoms with Crippen molar-refractivity contribution in [1.29, 1.82) is 0 Å². The number of anilines is 1. The average Bonchev–Trinajstić information content (AvgIpc) is 2.42. The van der Waals surface area contributed by atoms with Crippen molar-refractivity contribution in [1.82, 2.24) is 4.98 Å². The third-order valence-electron chi connectivity index (χ3n) is 3.85. The molecule has 1 aromatic heterocycles. The smallest absolute Gasteiger partial charge is 0.143 e. The van der Waals surface area contributed by atoms with Crippen LogP contribution in [0.15, 0.2) is 16.7 Å². The van der Waals surface area contributed by atoms with Crippen LogP contribution in [0.5, 0.6) is 0 Å². The number of nitrogens with two attached hydrogens (primary N) is 1. The molecule has 19 heavy (non-hydrogen) atoms. The van der Waals surface area contributed by atoms with Crippen LogP contribution in [0.1, 0.15) is 44.1 Å². The van der Waals surface area contributed by atoms with E-state index in [1.807, 2.05) is 6.20 Å². The van der Waals surface area contributed by atoms with Crippen molar-refractivity contribution < 1.29 is 0 Å². The zero-order valence-corrected chi connectivity index (χ0v) is 13.3. The molecule has 106 valence electrons. The van der Waals surface area contributed by atoms with Gasteiger partial charge >= 0.3 is 0 Å². The van der Waals surface area contributed by atoms with E-state index in [2.05, 4.69) is 38.8 Å². The molecule has 0 spiro atoms. The van der Waals surface area contributed by atoms with Gasteiger partial charge in [0.1, 0.15) is 5.82 Å². The van der Waals surface area contributed by atoms with E-state index in [-0.39, 0.29) is 0 Å². The van der Waals surface area contributed by atoms with E-state index >= 15 is 0 Å². The quantitative estimate of drug-likeness (QED) is 0.898. The lowest BCUT2D eigenvalue weighted by molar-refractivity contribution is 0.411. The molecule has 1 aliphatic rings. The lowest BCUT2D eigenvalue weighted by Crippen LogP contribution is -2.39. The fourth-order valence-electron chi connectivity index (χ4n) is 2.85. The fourth-order valence-corrected chi connectivity index (χ4v) is 3.54. The Morgan fingerprint density at radius 3 is 2.74 bits per heavy atom. The molecule has 0 amide bonds. The van der Waals surface area contributed by atoms with Gasteiger partial charge in [-0.3, -0.25) is 0 Å². The zero-order valence-electron chi connectivity index (χ0n) is 11.7. The monoisotopic (exact) mass is 325 g/mol. The number of aryl methyl sites for hydroxylation is 1. The predicted molar refractivity (Wildman–Crippen MR) is 84.6 cm³/mol. The van der Waals surface area contributed by atoms with Crippen molar-refractivity contribution in [2.24, 2.45) is 5.73 Å². The van der Waals surface area contributed by atoms with E-state index in [4.69, 9.17) is 5.73 Å². The van der Waals surface area contributed by atoms with Crippen LogP contribution >= 0.6 is 15.9 Å². The number of halogens is 1. The van der Waals surface area contributed by atoms with E-state index in [1.54, 1.807) is 0 Å². The van der Waals surface area contributed by atoms with Gasteiger partial charge in [0.2, 0.25) is 0 Å². The molecule has 1 aliphatic carbocycles. The minimum atomic E-state index is 0.631. The molecule has 0 radical (unpaired) electrons. The van der Waals surface area contributed by atoms with Crippen LogP contribution in [0.3, 0.4) is 0 Å². The van der Waals surface area contributed by atoms with Crippen molar-refractivity contribution >= 4 is 21.7 Å². The molecule has 2 rings (SSSR count). The van der Waals surface area contributed by atoms with Crippen molar-refractivity contribution in [3.05, 3.63) is 22.3 Å². The third-order valence-corrected chi connectivity index (χ3v) is 4.43. The zero-order chi connectivity index (χ0) is 13.7. The molecule has 0 saturated heterocycles. The SMILES string of the molecule is Cc1cnc(N(CCCN)C2CCCCC2)c(Br)c1. The molecule has 4 heteroatoms. The molecule has 0 unspecified atom stereocenters. The third kappa shape index (κ3) is 3.93. The molecule has 2 N–H and O–H groups in total. The minimum absolute atomic E-state index is 0.631. The highest BCUT2D eigenvalue weighted by molar-refractivity contribution is 9.10. The Morgan fingerprint density at radius 2 is 2.11 bits per heavy atom. The number of nitrogens with zero attached hydrogens (tertiary/aromatic N) is 2. The molecule has 1 aromatic rings. The van der Waals surface area contributed by atoms with Crippen molar-refractivity contribution in [2.45, 2.75) is 51.5 Å². The van der Waals surface area contributed by atoms with Crippen LogP contribution in [0.25, 0.3) is 0 Å². The van der Waals surface area contributed by atoms with E-state index in [0.29, 0.717) is 6.04 Å². The molecule has 0 aliphatic heterocycles. The van der Waals surface area contributed by atoms with Gasteiger partial charge in [-0.1, -0.05) is 19.3 Å². The summed E-state index contributed by atoms with van der Waals surface area (Å²) >= 11 is 3.67. The number of pyridine rings is 1. The Bertz CT molecular complexity index is 402. The summed E-state index contributed by atoms with van der Waals surface area (Å²) in [5.41, 5.74) is 6.88. The van der Waals surface area contributed by atoms with Crippen LogP contribution < -0.4 is 10.6 Å². The first kappa shape index (κ1) is 14.8. The summed E-state index contributed by atoms with van der Waals surface area (Å²) in [5, 5.41) is 0. The van der Waals surface area contributed by atoms with Crippen molar-refractivity contribution in [3.63, 3.8) is 0 Å². The van der Waals surface area contributed by atoms with Gasteiger partial charge in [0.25, 0.3) is 0 Å². The first-order valence-electron chi connectivity index (χ1n) is 7.31. The molecule has 0 atom stereocenters. The van der Waals surface area contributed by atoms with Gasteiger partial charge in [-0.25, -0.2) is 4.98 Å². The Balaban J connectivity index is 2.19. The average molecular weight is 326 g/mol. The van der Waals surface area contributed by atoms with E-state index in [1.165, 1.54) is 37.7 Å². The number of rotatable bonds is 5. The van der Waals surface area contributed by atoms with Crippen LogP contribution in [-0.4, -0.2) is 24.1 Å². The maximum absolute atomic E-state index is 5.69. The van der Waals surface area contributed by atoms with Gasteiger partial charge in [-0.15, -0.1) is 0 Å². The molecular weight excluding hydrogens is 302 g/mol. The second kappa shape index (κ2) is 7.25. The highest BCUT2D eigenvalue weighted by Crippen LogP contribution is 2.31. The van der Waals surface area contributed by atoms with Crippen molar-refractivity contribution in [3.8, 4) is 0 Å². The molecule has 3 nitrogen and oxygen atoms in total. The lowest BCUT2D eigenvalue weighted by atomic mass is 9.94. The van der Waals surface area contributed by atoms with Gasteiger partial charge in [0.15, 0.2) is 0 Å². The first-order chi connectivity index (χ1) is 9.22. The van der Waals surface area contributed by atoms with Crippen LogP contribution in [0.4, 0.5) is 5.82 Å². The summed E-state index contributed by atoms with van der Waals surface area (Å²) in [4.78, 5) is 7.11. The fraction of sp³-hybridized carbons (Fsp3) is 0.667. The lowest BCUT2D eigenvalue weighted by Gasteiger charge is -2.36. The summed E-state index contributed by atoms with van der Waals surface area (Å²) in [6.07, 6.45) is 9.61. The van der Waals surface area contributed by atoms with Gasteiger partial charge in [0.05, 0.1) is 4.47 Å². The molecule has 0 aromatic carbocycles. The highest BCUT2D eigenvalue weighted by atomic mass is 79.9. The number of hydrogen-bond donors (Lipinski definition) is 1. The van der Waals surface area contributed by atoms with Crippen LogP contribution in [0.2, 0.25) is 0 Å². The van der Waals surface area contributed by atoms with E-state index < -0.39 is 0 Å². The Labute approximate surface area is 124 Å². The molecule has 1 saturated carbocycles. The van der Waals surface area contributed by atoms with Crippen LogP contribution in [-0.2, 0) is 0 Å². The van der Waals surface area contributed by atoms with Gasteiger partial charge in [-0.05, 0) is 60.3 Å². The Morgan fingerprint density at radius 1 is 1.37 bits per heavy atom. The maximum atomic E-state index is 5.69. The van der Waals surface area contributed by atoms with E-state index in [9.17, 15) is 0 Å². The molecule has 0 bridgehead atoms. The summed E-state index contributed by atoms with van der Waals surface area (Å²) in [7, 11) is 0. The molecular formula is C15H24BrN3. The van der Waals surface area contributed by atoms with Crippen LogP contribution in [0, 0.1) is 6.92 Å². The number of hydrogen-bond acceptors (Lipinski definition) is 3. The van der Waals surface area contributed by atoms with Crippen molar-refractivity contribution in [2.75, 3.05) is 18.0 Å². The maximum Gasteiger partial charge on any atom is 0.143 e. The Hall–Kier alpha value is -0.610. The molecule has 1 fully saturated rings. The highest BCUT2D eigenvalue weighted by Gasteiger charge is 2.23. The predicted octanol–water partition coefficient (Wildman–Crippen LogP) is 3.64. The molecule has 1 heterocycles.